The SMILES string of the molecule is Cc1ccc(NS(=O)(=O)c2ccc(NS(C)(=O)=O)cc2F)cc1F. The molecule has 0 aliphatic carbocycles. The van der Waals surface area contributed by atoms with Gasteiger partial charge in [-0.15, -0.1) is 0 Å². The third-order valence-electron chi connectivity index (χ3n) is 2.95. The fourth-order valence-electron chi connectivity index (χ4n) is 1.86. The summed E-state index contributed by atoms with van der Waals surface area (Å²) in [6.07, 6.45) is 0.878. The highest BCUT2D eigenvalue weighted by molar-refractivity contribution is 7.92. The molecule has 10 heteroatoms. The van der Waals surface area contributed by atoms with Gasteiger partial charge >= 0.3 is 0 Å². The van der Waals surface area contributed by atoms with E-state index in [0.717, 1.165) is 30.5 Å². The van der Waals surface area contributed by atoms with Gasteiger partial charge in [-0.25, -0.2) is 25.6 Å². The summed E-state index contributed by atoms with van der Waals surface area (Å²) < 4.78 is 78.2. The molecule has 2 N–H and O–H groups in total. The maximum Gasteiger partial charge on any atom is 0.264 e. The summed E-state index contributed by atoms with van der Waals surface area (Å²) in [5.74, 6) is -1.76. The molecule has 2 aromatic carbocycles. The van der Waals surface area contributed by atoms with Gasteiger partial charge in [0.2, 0.25) is 10.0 Å². The molecule has 0 aliphatic rings. The molecular formula is C14H14F2N2O4S2. The van der Waals surface area contributed by atoms with Crippen LogP contribution in [-0.4, -0.2) is 23.1 Å². The molecule has 0 aliphatic heterocycles. The molecule has 0 bridgehead atoms. The molecular weight excluding hydrogens is 362 g/mol. The average molecular weight is 376 g/mol. The second-order valence-electron chi connectivity index (χ2n) is 5.09. The zero-order valence-electron chi connectivity index (χ0n) is 12.7. The van der Waals surface area contributed by atoms with E-state index >= 15 is 0 Å². The van der Waals surface area contributed by atoms with Crippen molar-refractivity contribution in [3.8, 4) is 0 Å². The Hall–Kier alpha value is -2.20. The molecule has 0 saturated heterocycles. The first kappa shape index (κ1) is 18.1. The van der Waals surface area contributed by atoms with Crippen molar-refractivity contribution in [2.75, 3.05) is 15.7 Å². The highest BCUT2D eigenvalue weighted by Gasteiger charge is 2.20. The van der Waals surface area contributed by atoms with Gasteiger partial charge in [0.15, 0.2) is 0 Å². The summed E-state index contributed by atoms with van der Waals surface area (Å²) in [5.41, 5.74) is 0.159. The minimum Gasteiger partial charge on any atom is -0.284 e. The topological polar surface area (TPSA) is 92.3 Å². The van der Waals surface area contributed by atoms with E-state index in [9.17, 15) is 25.6 Å². The minimum atomic E-state index is -4.30. The number of aryl methyl sites for hydroxylation is 1. The third-order valence-corrected chi connectivity index (χ3v) is 4.97. The smallest absolute Gasteiger partial charge is 0.264 e. The molecule has 0 radical (unpaired) electrons. The predicted octanol–water partition coefficient (Wildman–Crippen LogP) is 2.45. The van der Waals surface area contributed by atoms with E-state index in [-0.39, 0.29) is 11.4 Å². The lowest BCUT2D eigenvalue weighted by atomic mass is 10.2. The lowest BCUT2D eigenvalue weighted by molar-refractivity contribution is 0.571. The Labute approximate surface area is 138 Å². The predicted molar refractivity (Wildman–Crippen MR) is 86.8 cm³/mol. The Bertz CT molecular complexity index is 990. The van der Waals surface area contributed by atoms with Crippen molar-refractivity contribution in [1.29, 1.82) is 0 Å². The van der Waals surface area contributed by atoms with Gasteiger partial charge < -0.3 is 0 Å². The normalized spacial score (nSPS) is 12.0. The third kappa shape index (κ3) is 4.42. The van der Waals surface area contributed by atoms with Crippen LogP contribution in [0.15, 0.2) is 41.3 Å². The average Bonchev–Trinajstić information content (AvgIpc) is 2.40. The number of nitrogens with one attached hydrogen (secondary N) is 2. The zero-order valence-corrected chi connectivity index (χ0v) is 14.3. The van der Waals surface area contributed by atoms with E-state index < -0.39 is 36.6 Å². The van der Waals surface area contributed by atoms with Crippen molar-refractivity contribution in [2.45, 2.75) is 11.8 Å². The summed E-state index contributed by atoms with van der Waals surface area (Å²) in [4.78, 5) is -0.692. The van der Waals surface area contributed by atoms with E-state index in [1.165, 1.54) is 19.1 Å². The van der Waals surface area contributed by atoms with Crippen LogP contribution >= 0.6 is 0 Å². The van der Waals surface area contributed by atoms with Crippen LogP contribution in [0.2, 0.25) is 0 Å². The highest BCUT2D eigenvalue weighted by atomic mass is 32.2. The number of benzene rings is 2. The molecule has 24 heavy (non-hydrogen) atoms. The van der Waals surface area contributed by atoms with Gasteiger partial charge in [0.05, 0.1) is 17.6 Å². The molecule has 0 fully saturated rings. The first-order valence-corrected chi connectivity index (χ1v) is 9.92. The van der Waals surface area contributed by atoms with E-state index in [2.05, 4.69) is 4.72 Å². The maximum absolute atomic E-state index is 14.0. The van der Waals surface area contributed by atoms with E-state index in [1.54, 1.807) is 0 Å². The van der Waals surface area contributed by atoms with Crippen LogP contribution < -0.4 is 9.44 Å². The fraction of sp³-hybridized carbons (Fsp3) is 0.143. The van der Waals surface area contributed by atoms with Crippen LogP contribution in [-0.2, 0) is 20.0 Å². The van der Waals surface area contributed by atoms with Crippen LogP contribution in [0.25, 0.3) is 0 Å². The molecule has 0 heterocycles. The summed E-state index contributed by atoms with van der Waals surface area (Å²) in [6, 6.07) is 6.45. The number of hydrogen-bond acceptors (Lipinski definition) is 4. The standard InChI is InChI=1S/C14H14F2N2O4S2/c1-9-3-4-11(7-12(9)15)18-24(21,22)14-6-5-10(8-13(14)16)17-23(2,19)20/h3-8,17-18H,1-2H3. The number of anilines is 2. The van der Waals surface area contributed by atoms with E-state index in [4.69, 9.17) is 0 Å². The lowest BCUT2D eigenvalue weighted by Gasteiger charge is -2.11. The van der Waals surface area contributed by atoms with Crippen molar-refractivity contribution < 1.29 is 25.6 Å². The quantitative estimate of drug-likeness (QED) is 0.838. The Morgan fingerprint density at radius 1 is 0.833 bits per heavy atom. The summed E-state index contributed by atoms with van der Waals surface area (Å²) in [5, 5.41) is 0. The molecule has 0 amide bonds. The van der Waals surface area contributed by atoms with Crippen LogP contribution in [0, 0.1) is 18.6 Å². The van der Waals surface area contributed by atoms with Gasteiger partial charge in [-0.1, -0.05) is 6.07 Å². The molecule has 0 aromatic heterocycles. The van der Waals surface area contributed by atoms with Gasteiger partial charge in [0.25, 0.3) is 10.0 Å². The fourth-order valence-corrected chi connectivity index (χ4v) is 3.53. The molecule has 2 rings (SSSR count). The maximum atomic E-state index is 14.0. The molecule has 0 spiro atoms. The van der Waals surface area contributed by atoms with Crippen LogP contribution in [0.1, 0.15) is 5.56 Å². The number of sulfonamides is 2. The van der Waals surface area contributed by atoms with Crippen molar-refractivity contribution in [3.63, 3.8) is 0 Å². The van der Waals surface area contributed by atoms with E-state index in [0.29, 0.717) is 5.56 Å². The van der Waals surface area contributed by atoms with Crippen molar-refractivity contribution in [1.82, 2.24) is 0 Å². The van der Waals surface area contributed by atoms with Crippen LogP contribution in [0.5, 0.6) is 0 Å². The highest BCUT2D eigenvalue weighted by Crippen LogP contribution is 2.23. The first-order valence-electron chi connectivity index (χ1n) is 6.54. The van der Waals surface area contributed by atoms with Crippen molar-refractivity contribution >= 4 is 31.4 Å². The Morgan fingerprint density at radius 3 is 1.92 bits per heavy atom. The van der Waals surface area contributed by atoms with Gasteiger partial charge in [0, 0.05) is 0 Å². The summed E-state index contributed by atoms with van der Waals surface area (Å²) in [6.45, 7) is 1.51. The Kier molecular flexibility index (Phi) is 4.81. The van der Waals surface area contributed by atoms with Gasteiger partial charge in [0.1, 0.15) is 16.5 Å². The van der Waals surface area contributed by atoms with Gasteiger partial charge in [-0.05, 0) is 42.8 Å². The monoisotopic (exact) mass is 376 g/mol. The Balaban J connectivity index is 2.33. The second kappa shape index (κ2) is 6.36. The molecule has 0 saturated carbocycles. The summed E-state index contributed by atoms with van der Waals surface area (Å²) >= 11 is 0. The molecule has 2 aromatic rings. The van der Waals surface area contributed by atoms with Crippen molar-refractivity contribution in [2.24, 2.45) is 0 Å². The zero-order chi connectivity index (χ0) is 18.1. The van der Waals surface area contributed by atoms with E-state index in [1.807, 2.05) is 4.72 Å². The minimum absolute atomic E-state index is 0.0594. The molecule has 0 atom stereocenters. The van der Waals surface area contributed by atoms with Gasteiger partial charge in [-0.3, -0.25) is 9.44 Å². The number of hydrogen-bond donors (Lipinski definition) is 2. The largest absolute Gasteiger partial charge is 0.284 e. The van der Waals surface area contributed by atoms with Crippen LogP contribution in [0.3, 0.4) is 0 Å². The lowest BCUT2D eigenvalue weighted by Crippen LogP contribution is -2.15. The first-order chi connectivity index (χ1) is 11.0. The van der Waals surface area contributed by atoms with Crippen LogP contribution in [0.4, 0.5) is 20.2 Å². The van der Waals surface area contributed by atoms with Crippen molar-refractivity contribution in [3.05, 3.63) is 53.6 Å². The second-order valence-corrected chi connectivity index (χ2v) is 8.49. The molecule has 0 unspecified atom stereocenters. The molecule has 6 nitrogen and oxygen atoms in total. The number of rotatable bonds is 5. The van der Waals surface area contributed by atoms with Gasteiger partial charge in [-0.2, -0.15) is 0 Å². The molecule has 130 valence electrons. The number of halogens is 2. The Morgan fingerprint density at radius 2 is 1.38 bits per heavy atom. The summed E-state index contributed by atoms with van der Waals surface area (Å²) in [7, 11) is -7.93.